The van der Waals surface area contributed by atoms with Crippen molar-refractivity contribution < 1.29 is 19.6 Å². The predicted octanol–water partition coefficient (Wildman–Crippen LogP) is 1.03. The maximum absolute atomic E-state index is 11.9. The molecule has 0 aliphatic heterocycles. The SMILES string of the molecule is CCOC(=O)C(CC(C)C)NCC(O)Cn1c(C)cnc1[N+](=O)[O-]. The molecule has 0 amide bonds. The summed E-state index contributed by atoms with van der Waals surface area (Å²) in [5, 5.41) is 24.1. The van der Waals surface area contributed by atoms with Crippen LogP contribution in [0.15, 0.2) is 6.20 Å². The van der Waals surface area contributed by atoms with Gasteiger partial charge in [0.15, 0.2) is 0 Å². The monoisotopic (exact) mass is 342 g/mol. The number of ether oxygens (including phenoxy) is 1. The average molecular weight is 342 g/mol. The summed E-state index contributed by atoms with van der Waals surface area (Å²) >= 11 is 0. The molecular formula is C15H26N4O5. The van der Waals surface area contributed by atoms with Crippen LogP contribution in [-0.2, 0) is 16.1 Å². The molecule has 136 valence electrons. The van der Waals surface area contributed by atoms with Crippen molar-refractivity contribution in [2.75, 3.05) is 13.2 Å². The number of hydrogen-bond acceptors (Lipinski definition) is 7. The van der Waals surface area contributed by atoms with Crippen LogP contribution in [0.1, 0.15) is 32.9 Å². The van der Waals surface area contributed by atoms with Crippen molar-refractivity contribution in [3.63, 3.8) is 0 Å². The van der Waals surface area contributed by atoms with Crippen LogP contribution < -0.4 is 5.32 Å². The average Bonchev–Trinajstić information content (AvgIpc) is 2.84. The van der Waals surface area contributed by atoms with Gasteiger partial charge in [-0.25, -0.2) is 4.57 Å². The molecule has 0 spiro atoms. The van der Waals surface area contributed by atoms with Gasteiger partial charge in [-0.1, -0.05) is 18.8 Å². The van der Waals surface area contributed by atoms with Gasteiger partial charge in [0.25, 0.3) is 0 Å². The minimum Gasteiger partial charge on any atom is -0.465 e. The number of rotatable bonds is 10. The number of carbonyl (C=O) groups excluding carboxylic acids is 1. The zero-order valence-corrected chi connectivity index (χ0v) is 14.6. The van der Waals surface area contributed by atoms with Crippen molar-refractivity contribution >= 4 is 11.9 Å². The van der Waals surface area contributed by atoms with Crippen molar-refractivity contribution in [3.05, 3.63) is 22.0 Å². The van der Waals surface area contributed by atoms with Gasteiger partial charge >= 0.3 is 11.9 Å². The number of carbonyl (C=O) groups is 1. The summed E-state index contributed by atoms with van der Waals surface area (Å²) in [6, 6.07) is -0.515. The van der Waals surface area contributed by atoms with Gasteiger partial charge in [-0.15, -0.1) is 0 Å². The van der Waals surface area contributed by atoms with Gasteiger partial charge in [0, 0.05) is 6.54 Å². The lowest BCUT2D eigenvalue weighted by molar-refractivity contribution is -0.397. The van der Waals surface area contributed by atoms with E-state index in [-0.39, 0.29) is 37.5 Å². The topological polar surface area (TPSA) is 120 Å². The Morgan fingerprint density at radius 3 is 2.75 bits per heavy atom. The first-order chi connectivity index (χ1) is 11.3. The molecule has 2 atom stereocenters. The Kier molecular flexibility index (Phi) is 7.80. The number of imidazole rings is 1. The molecule has 0 bridgehead atoms. The van der Waals surface area contributed by atoms with Crippen LogP contribution in [-0.4, -0.2) is 50.8 Å². The fourth-order valence-electron chi connectivity index (χ4n) is 2.35. The molecule has 2 unspecified atom stereocenters. The first-order valence-electron chi connectivity index (χ1n) is 8.00. The van der Waals surface area contributed by atoms with Crippen LogP contribution in [0.3, 0.4) is 0 Å². The second kappa shape index (κ2) is 9.33. The fourth-order valence-corrected chi connectivity index (χ4v) is 2.35. The van der Waals surface area contributed by atoms with Crippen molar-refractivity contribution in [2.45, 2.75) is 52.8 Å². The number of nitro groups is 1. The summed E-state index contributed by atoms with van der Waals surface area (Å²) in [4.78, 5) is 26.0. The maximum atomic E-state index is 11.9. The fraction of sp³-hybridized carbons (Fsp3) is 0.733. The largest absolute Gasteiger partial charge is 0.465 e. The molecule has 2 N–H and O–H groups in total. The van der Waals surface area contributed by atoms with E-state index in [4.69, 9.17) is 4.74 Å². The van der Waals surface area contributed by atoms with Gasteiger partial charge in [0.05, 0.1) is 19.3 Å². The van der Waals surface area contributed by atoms with Crippen LogP contribution in [0.5, 0.6) is 0 Å². The van der Waals surface area contributed by atoms with E-state index in [1.54, 1.807) is 13.8 Å². The minimum atomic E-state index is -0.902. The van der Waals surface area contributed by atoms with Gasteiger partial charge < -0.3 is 25.3 Å². The lowest BCUT2D eigenvalue weighted by Gasteiger charge is -2.20. The van der Waals surface area contributed by atoms with E-state index in [1.165, 1.54) is 10.8 Å². The highest BCUT2D eigenvalue weighted by Crippen LogP contribution is 2.13. The van der Waals surface area contributed by atoms with E-state index in [2.05, 4.69) is 10.3 Å². The molecule has 24 heavy (non-hydrogen) atoms. The normalized spacial score (nSPS) is 13.8. The summed E-state index contributed by atoms with van der Waals surface area (Å²) in [6.45, 7) is 7.82. The highest BCUT2D eigenvalue weighted by molar-refractivity contribution is 5.75. The molecule has 9 heteroatoms. The van der Waals surface area contributed by atoms with Crippen molar-refractivity contribution in [2.24, 2.45) is 5.92 Å². The first-order valence-corrected chi connectivity index (χ1v) is 8.00. The maximum Gasteiger partial charge on any atom is 0.434 e. The van der Waals surface area contributed by atoms with Crippen LogP contribution in [0, 0.1) is 23.0 Å². The van der Waals surface area contributed by atoms with Gasteiger partial charge in [-0.3, -0.25) is 4.79 Å². The van der Waals surface area contributed by atoms with Crippen LogP contribution in [0.25, 0.3) is 0 Å². The molecule has 0 saturated carbocycles. The van der Waals surface area contributed by atoms with Gasteiger partial charge in [-0.05, 0) is 31.1 Å². The predicted molar refractivity (Wildman–Crippen MR) is 87.5 cm³/mol. The van der Waals surface area contributed by atoms with Crippen molar-refractivity contribution in [1.82, 2.24) is 14.9 Å². The second-order valence-electron chi connectivity index (χ2n) is 6.06. The molecule has 0 radical (unpaired) electrons. The van der Waals surface area contributed by atoms with Crippen LogP contribution in [0.2, 0.25) is 0 Å². The quantitative estimate of drug-likeness (QED) is 0.370. The third-order valence-corrected chi connectivity index (χ3v) is 3.47. The van der Waals surface area contributed by atoms with Crippen LogP contribution in [0.4, 0.5) is 5.95 Å². The number of esters is 1. The lowest BCUT2D eigenvalue weighted by Crippen LogP contribution is -2.43. The third kappa shape index (κ3) is 5.89. The Morgan fingerprint density at radius 2 is 2.21 bits per heavy atom. The summed E-state index contributed by atoms with van der Waals surface area (Å²) < 4.78 is 6.37. The standard InChI is InChI=1S/C15H26N4O5/c1-5-24-14(21)13(6-10(2)3)16-8-12(20)9-18-11(4)7-17-15(18)19(22)23/h7,10,12-13,16,20H,5-6,8-9H2,1-4H3. The summed E-state index contributed by atoms with van der Waals surface area (Å²) in [6.07, 6.45) is 1.06. The number of aromatic nitrogens is 2. The molecule has 0 aromatic carbocycles. The van der Waals surface area contributed by atoms with Gasteiger partial charge in [0.1, 0.15) is 17.9 Å². The Morgan fingerprint density at radius 1 is 1.54 bits per heavy atom. The second-order valence-corrected chi connectivity index (χ2v) is 6.06. The molecule has 0 fully saturated rings. The molecule has 0 aliphatic carbocycles. The van der Waals surface area contributed by atoms with E-state index in [0.717, 1.165) is 0 Å². The molecule has 9 nitrogen and oxygen atoms in total. The van der Waals surface area contributed by atoms with Crippen molar-refractivity contribution in [1.29, 1.82) is 0 Å². The number of hydrogen-bond donors (Lipinski definition) is 2. The van der Waals surface area contributed by atoms with E-state index < -0.39 is 17.1 Å². The van der Waals surface area contributed by atoms with E-state index in [0.29, 0.717) is 12.1 Å². The molecule has 0 aliphatic rings. The molecule has 0 saturated heterocycles. The molecule has 1 aromatic rings. The first kappa shape index (κ1) is 20.0. The zero-order valence-electron chi connectivity index (χ0n) is 14.6. The lowest BCUT2D eigenvalue weighted by atomic mass is 10.0. The van der Waals surface area contributed by atoms with Gasteiger partial charge in [0.2, 0.25) is 0 Å². The Hall–Kier alpha value is -2.00. The summed E-state index contributed by atoms with van der Waals surface area (Å²) in [7, 11) is 0. The van der Waals surface area contributed by atoms with Gasteiger partial charge in [-0.2, -0.15) is 0 Å². The smallest absolute Gasteiger partial charge is 0.434 e. The number of aliphatic hydroxyl groups is 1. The highest BCUT2D eigenvalue weighted by Gasteiger charge is 2.24. The zero-order chi connectivity index (χ0) is 18.3. The van der Waals surface area contributed by atoms with Crippen LogP contribution >= 0.6 is 0 Å². The summed E-state index contributed by atoms with van der Waals surface area (Å²) in [5.41, 5.74) is 0.588. The Balaban J connectivity index is 2.66. The van der Waals surface area contributed by atoms with E-state index in [1.807, 2.05) is 13.8 Å². The Labute approximate surface area is 141 Å². The Bertz CT molecular complexity index is 558. The minimum absolute atomic E-state index is 0.0202. The third-order valence-electron chi connectivity index (χ3n) is 3.47. The number of aryl methyl sites for hydroxylation is 1. The summed E-state index contributed by atoms with van der Waals surface area (Å²) in [5.74, 6) is -0.389. The molecule has 1 aromatic heterocycles. The number of aliphatic hydroxyl groups excluding tert-OH is 1. The molecule has 1 heterocycles. The van der Waals surface area contributed by atoms with E-state index in [9.17, 15) is 20.0 Å². The number of nitrogens with one attached hydrogen (secondary N) is 1. The van der Waals surface area contributed by atoms with Crippen molar-refractivity contribution in [3.8, 4) is 0 Å². The molecule has 1 rings (SSSR count). The highest BCUT2D eigenvalue weighted by atomic mass is 16.6. The number of nitrogens with zero attached hydrogens (tertiary/aromatic N) is 3. The molecular weight excluding hydrogens is 316 g/mol. The van der Waals surface area contributed by atoms with E-state index >= 15 is 0 Å².